The third-order valence-electron chi connectivity index (χ3n) is 1.19. The fraction of sp³-hybridized carbons (Fsp3) is 1.00. The highest BCUT2D eigenvalue weighted by atomic mass is 16.3. The van der Waals surface area contributed by atoms with Crippen molar-refractivity contribution in [2.24, 2.45) is 11.1 Å². The second-order valence-corrected chi connectivity index (χ2v) is 3.67. The maximum atomic E-state index is 8.69. The van der Waals surface area contributed by atoms with E-state index in [1.165, 1.54) is 0 Å². The number of rotatable bonds is 2. The largest absolute Gasteiger partial charge is 0.379 e. The van der Waals surface area contributed by atoms with Gasteiger partial charge in [-0.25, -0.2) is 0 Å². The minimum Gasteiger partial charge on any atom is -0.379 e. The van der Waals surface area contributed by atoms with Crippen LogP contribution in [0, 0.1) is 5.41 Å². The SMILES string of the molecule is CC(C)(C)CCC(N)O. The molecule has 0 rings (SSSR count). The van der Waals surface area contributed by atoms with E-state index in [0.717, 1.165) is 6.42 Å². The van der Waals surface area contributed by atoms with Crippen molar-refractivity contribution in [3.63, 3.8) is 0 Å². The van der Waals surface area contributed by atoms with Gasteiger partial charge in [0, 0.05) is 0 Å². The summed E-state index contributed by atoms with van der Waals surface area (Å²) in [5, 5.41) is 8.69. The lowest BCUT2D eigenvalue weighted by atomic mass is 9.90. The Kier molecular flexibility index (Phi) is 3.15. The van der Waals surface area contributed by atoms with Crippen molar-refractivity contribution >= 4 is 0 Å². The molecule has 0 aromatic rings. The highest BCUT2D eigenvalue weighted by molar-refractivity contribution is 4.62. The summed E-state index contributed by atoms with van der Waals surface area (Å²) in [6.07, 6.45) is 1.04. The van der Waals surface area contributed by atoms with Crippen LogP contribution >= 0.6 is 0 Å². The number of hydrogen-bond donors (Lipinski definition) is 2. The summed E-state index contributed by atoms with van der Waals surface area (Å²) in [7, 11) is 0. The molecule has 0 spiro atoms. The van der Waals surface area contributed by atoms with Gasteiger partial charge in [0.25, 0.3) is 0 Å². The zero-order chi connectivity index (χ0) is 7.49. The van der Waals surface area contributed by atoms with Crippen LogP contribution in [0.4, 0.5) is 0 Å². The maximum absolute atomic E-state index is 8.69. The van der Waals surface area contributed by atoms with Crippen LogP contribution < -0.4 is 5.73 Å². The zero-order valence-electron chi connectivity index (χ0n) is 6.52. The molecule has 0 fully saturated rings. The third kappa shape index (κ3) is 7.92. The molecule has 0 aliphatic rings. The molecule has 1 atom stereocenters. The monoisotopic (exact) mass is 131 g/mol. The molecule has 0 bridgehead atoms. The summed E-state index contributed by atoms with van der Waals surface area (Å²) in [5.74, 6) is 0. The number of aliphatic hydroxyl groups excluding tert-OH is 1. The first kappa shape index (κ1) is 8.92. The van der Waals surface area contributed by atoms with Gasteiger partial charge in [-0.3, -0.25) is 0 Å². The van der Waals surface area contributed by atoms with Gasteiger partial charge in [0.05, 0.1) is 0 Å². The second-order valence-electron chi connectivity index (χ2n) is 3.67. The Labute approximate surface area is 57.1 Å². The molecule has 0 saturated heterocycles. The third-order valence-corrected chi connectivity index (χ3v) is 1.19. The summed E-state index contributed by atoms with van der Waals surface area (Å²) in [6, 6.07) is 0. The molecule has 0 amide bonds. The predicted molar refractivity (Wildman–Crippen MR) is 38.9 cm³/mol. The maximum Gasteiger partial charge on any atom is 0.102 e. The lowest BCUT2D eigenvalue weighted by Crippen LogP contribution is -2.21. The van der Waals surface area contributed by atoms with Crippen molar-refractivity contribution in [3.8, 4) is 0 Å². The Morgan fingerprint density at radius 1 is 1.44 bits per heavy atom. The first-order valence-corrected chi connectivity index (χ1v) is 3.35. The van der Waals surface area contributed by atoms with Gasteiger partial charge in [0.2, 0.25) is 0 Å². The van der Waals surface area contributed by atoms with Crippen LogP contribution in [0.3, 0.4) is 0 Å². The van der Waals surface area contributed by atoms with E-state index in [9.17, 15) is 0 Å². The van der Waals surface area contributed by atoms with Crippen molar-refractivity contribution < 1.29 is 5.11 Å². The number of hydrogen-bond acceptors (Lipinski definition) is 2. The number of nitrogens with two attached hydrogens (primary N) is 1. The van der Waals surface area contributed by atoms with Crippen molar-refractivity contribution in [2.45, 2.75) is 39.8 Å². The van der Waals surface area contributed by atoms with E-state index in [4.69, 9.17) is 10.8 Å². The molecule has 0 aliphatic heterocycles. The molecule has 0 radical (unpaired) electrons. The molecular formula is C7H17NO. The Balaban J connectivity index is 3.28. The lowest BCUT2D eigenvalue weighted by Gasteiger charge is -2.18. The minimum atomic E-state index is -0.635. The van der Waals surface area contributed by atoms with E-state index in [2.05, 4.69) is 20.8 Å². The van der Waals surface area contributed by atoms with Crippen LogP contribution in [-0.2, 0) is 0 Å². The average molecular weight is 131 g/mol. The summed E-state index contributed by atoms with van der Waals surface area (Å²) < 4.78 is 0. The first-order valence-electron chi connectivity index (χ1n) is 3.35. The molecule has 1 unspecified atom stereocenters. The van der Waals surface area contributed by atoms with Crippen molar-refractivity contribution in [2.75, 3.05) is 0 Å². The van der Waals surface area contributed by atoms with Crippen LogP contribution in [0.2, 0.25) is 0 Å². The van der Waals surface area contributed by atoms with Gasteiger partial charge in [-0.1, -0.05) is 20.8 Å². The molecule has 2 nitrogen and oxygen atoms in total. The van der Waals surface area contributed by atoms with E-state index in [-0.39, 0.29) is 0 Å². The first-order chi connectivity index (χ1) is 3.92. The van der Waals surface area contributed by atoms with E-state index < -0.39 is 6.23 Å². The fourth-order valence-electron chi connectivity index (χ4n) is 0.581. The van der Waals surface area contributed by atoms with E-state index in [1.54, 1.807) is 0 Å². The molecule has 2 heteroatoms. The topological polar surface area (TPSA) is 46.2 Å². The van der Waals surface area contributed by atoms with Crippen LogP contribution in [0.5, 0.6) is 0 Å². The molecule has 3 N–H and O–H groups in total. The average Bonchev–Trinajstić information content (AvgIpc) is 1.59. The van der Waals surface area contributed by atoms with E-state index >= 15 is 0 Å². The molecule has 0 aromatic heterocycles. The quantitative estimate of drug-likeness (QED) is 0.551. The van der Waals surface area contributed by atoms with Gasteiger partial charge in [-0.15, -0.1) is 0 Å². The molecule has 0 heterocycles. The second kappa shape index (κ2) is 3.18. The molecule has 9 heavy (non-hydrogen) atoms. The highest BCUT2D eigenvalue weighted by Crippen LogP contribution is 2.20. The summed E-state index contributed by atoms with van der Waals surface area (Å²) in [4.78, 5) is 0. The highest BCUT2D eigenvalue weighted by Gasteiger charge is 2.10. The molecular weight excluding hydrogens is 114 g/mol. The van der Waals surface area contributed by atoms with Gasteiger partial charge in [-0.2, -0.15) is 0 Å². The van der Waals surface area contributed by atoms with Crippen molar-refractivity contribution in [1.29, 1.82) is 0 Å². The van der Waals surface area contributed by atoms with Crippen LogP contribution in [0.15, 0.2) is 0 Å². The van der Waals surface area contributed by atoms with Crippen LogP contribution in [0.25, 0.3) is 0 Å². The summed E-state index contributed by atoms with van der Waals surface area (Å²) >= 11 is 0. The van der Waals surface area contributed by atoms with Gasteiger partial charge in [-0.05, 0) is 18.3 Å². The van der Waals surface area contributed by atoms with Gasteiger partial charge in [0.15, 0.2) is 0 Å². The summed E-state index contributed by atoms with van der Waals surface area (Å²) in [5.41, 5.74) is 5.45. The van der Waals surface area contributed by atoms with Gasteiger partial charge < -0.3 is 10.8 Å². The van der Waals surface area contributed by atoms with Crippen molar-refractivity contribution in [1.82, 2.24) is 0 Å². The molecule has 56 valence electrons. The Morgan fingerprint density at radius 3 is 2.00 bits per heavy atom. The predicted octanol–water partition coefficient (Wildman–Crippen LogP) is 1.09. The number of aliphatic hydroxyl groups is 1. The minimum absolute atomic E-state index is 0.292. The van der Waals surface area contributed by atoms with E-state index in [0.29, 0.717) is 11.8 Å². The van der Waals surface area contributed by atoms with Crippen LogP contribution in [0.1, 0.15) is 33.6 Å². The normalized spacial score (nSPS) is 15.7. The zero-order valence-corrected chi connectivity index (χ0v) is 6.52. The van der Waals surface area contributed by atoms with Crippen molar-refractivity contribution in [3.05, 3.63) is 0 Å². The molecule has 0 aromatic carbocycles. The molecule has 0 aliphatic carbocycles. The van der Waals surface area contributed by atoms with Gasteiger partial charge >= 0.3 is 0 Å². The Morgan fingerprint density at radius 2 is 1.89 bits per heavy atom. The Bertz CT molecular complexity index is 73.5. The standard InChI is InChI=1S/C7H17NO/c1-7(2,3)5-4-6(8)9/h6,9H,4-5,8H2,1-3H3. The van der Waals surface area contributed by atoms with Gasteiger partial charge in [0.1, 0.15) is 6.23 Å². The Hall–Kier alpha value is -0.0800. The summed E-state index contributed by atoms with van der Waals surface area (Å²) in [6.45, 7) is 6.40. The molecule has 0 saturated carbocycles. The van der Waals surface area contributed by atoms with E-state index in [1.807, 2.05) is 0 Å². The van der Waals surface area contributed by atoms with Crippen LogP contribution in [-0.4, -0.2) is 11.3 Å². The smallest absolute Gasteiger partial charge is 0.102 e. The fourth-order valence-corrected chi connectivity index (χ4v) is 0.581. The lowest BCUT2D eigenvalue weighted by molar-refractivity contribution is 0.152.